The summed E-state index contributed by atoms with van der Waals surface area (Å²) in [7, 11) is 0. The molecule has 1 rings (SSSR count). The quantitative estimate of drug-likeness (QED) is 0.542. The Morgan fingerprint density at radius 2 is 1.38 bits per heavy atom. The van der Waals surface area contributed by atoms with Gasteiger partial charge in [-0.2, -0.15) is 0 Å². The first kappa shape index (κ1) is 11.4. The third-order valence-electron chi connectivity index (χ3n) is 1.35. The molecule has 0 N–H and O–H groups in total. The van der Waals surface area contributed by atoms with Crippen LogP contribution < -0.4 is 0 Å². The van der Waals surface area contributed by atoms with E-state index in [2.05, 4.69) is 0 Å². The largest absolute Gasteiger partial charge is 0.282 e. The van der Waals surface area contributed by atoms with Gasteiger partial charge in [0.05, 0.1) is 0 Å². The Labute approximate surface area is 107 Å². The van der Waals surface area contributed by atoms with Crippen LogP contribution in [-0.4, -0.2) is 7.58 Å². The van der Waals surface area contributed by atoms with Crippen molar-refractivity contribution in [2.24, 2.45) is 0 Å². The first-order chi connectivity index (χ1) is 6.00. The van der Waals surface area contributed by atoms with Gasteiger partial charge in [0.25, 0.3) is 0 Å². The highest BCUT2D eigenvalue weighted by atomic mass is 127. The topological polar surface area (TPSA) is 34.1 Å². The Morgan fingerprint density at radius 1 is 1.00 bits per heavy atom. The molecule has 0 aliphatic rings. The molecule has 1 aromatic rings. The van der Waals surface area contributed by atoms with E-state index in [1.54, 1.807) is 57.3 Å². The number of carbonyl (C=O) groups is 2. The van der Waals surface area contributed by atoms with Gasteiger partial charge < -0.3 is 0 Å². The first-order valence-electron chi connectivity index (χ1n) is 3.21. The molecule has 0 radical (unpaired) electrons. The Hall–Kier alpha value is 0.310. The molecule has 0 heterocycles. The minimum Gasteiger partial charge on any atom is -0.282 e. The smallest absolute Gasteiger partial charge is 0.222 e. The lowest BCUT2D eigenvalue weighted by molar-refractivity contribution is 0.110. The number of rotatable bonds is 2. The average Bonchev–Trinajstić information content (AvgIpc) is 2.03. The van der Waals surface area contributed by atoms with Crippen LogP contribution in [0, 0.1) is 0 Å². The van der Waals surface area contributed by atoms with Crippen LogP contribution in [0.1, 0.15) is 20.7 Å². The summed E-state index contributed by atoms with van der Waals surface area (Å²) in [6.45, 7) is 0. The molecule has 0 amide bonds. The number of benzene rings is 1. The summed E-state index contributed by atoms with van der Waals surface area (Å²) in [6.07, 6.45) is 0. The lowest BCUT2D eigenvalue weighted by Crippen LogP contribution is -1.94. The van der Waals surface area contributed by atoms with E-state index in [-0.39, 0.29) is 7.58 Å². The van der Waals surface area contributed by atoms with Crippen molar-refractivity contribution in [3.05, 3.63) is 34.3 Å². The average molecular weight is 420 g/mol. The molecule has 2 nitrogen and oxygen atoms in total. The van der Waals surface area contributed by atoms with Crippen LogP contribution in [0.15, 0.2) is 18.2 Å². The Bertz CT molecular complexity index is 344. The Morgan fingerprint density at radius 3 is 1.69 bits per heavy atom. The van der Waals surface area contributed by atoms with Crippen molar-refractivity contribution >= 4 is 64.4 Å². The van der Waals surface area contributed by atoms with Crippen molar-refractivity contribution in [2.75, 3.05) is 0 Å². The number of carbonyl (C=O) groups excluding carboxylic acids is 2. The molecular weight excluding hydrogens is 417 g/mol. The molecule has 0 unspecified atom stereocenters. The van der Waals surface area contributed by atoms with Crippen molar-refractivity contribution < 1.29 is 9.59 Å². The molecular formula is C8H3ClI2O2. The van der Waals surface area contributed by atoms with Crippen LogP contribution in [0.2, 0.25) is 5.02 Å². The van der Waals surface area contributed by atoms with E-state index in [4.69, 9.17) is 11.6 Å². The highest BCUT2D eigenvalue weighted by Gasteiger charge is 2.08. The maximum absolute atomic E-state index is 11.0. The van der Waals surface area contributed by atoms with Gasteiger partial charge in [0.15, 0.2) is 0 Å². The highest BCUT2D eigenvalue weighted by molar-refractivity contribution is 14.1. The van der Waals surface area contributed by atoms with Crippen molar-refractivity contribution in [3.63, 3.8) is 0 Å². The third kappa shape index (κ3) is 3.17. The standard InChI is InChI=1S/C8H3ClI2O2/c9-6-2-4(7(10)12)1-5(3-6)8(11)13/h1-3H. The van der Waals surface area contributed by atoms with E-state index >= 15 is 0 Å². The van der Waals surface area contributed by atoms with Crippen molar-refractivity contribution in [1.82, 2.24) is 0 Å². The summed E-state index contributed by atoms with van der Waals surface area (Å²) in [5, 5.41) is 0.405. The van der Waals surface area contributed by atoms with E-state index < -0.39 is 0 Å². The lowest BCUT2D eigenvalue weighted by Gasteiger charge is -1.99. The van der Waals surface area contributed by atoms with Crippen LogP contribution in [0.5, 0.6) is 0 Å². The monoisotopic (exact) mass is 420 g/mol. The summed E-state index contributed by atoms with van der Waals surface area (Å²) >= 11 is 9.03. The second kappa shape index (κ2) is 4.70. The van der Waals surface area contributed by atoms with Crippen LogP contribution in [0.4, 0.5) is 0 Å². The first-order valence-corrected chi connectivity index (χ1v) is 5.74. The molecule has 1 aromatic carbocycles. The zero-order valence-electron chi connectivity index (χ0n) is 6.18. The summed E-state index contributed by atoms with van der Waals surface area (Å²) < 4.78 is -0.252. The third-order valence-corrected chi connectivity index (χ3v) is 2.82. The maximum Gasteiger partial charge on any atom is 0.222 e. The zero-order chi connectivity index (χ0) is 10.0. The zero-order valence-corrected chi connectivity index (χ0v) is 11.3. The van der Waals surface area contributed by atoms with E-state index in [0.29, 0.717) is 16.1 Å². The van der Waals surface area contributed by atoms with E-state index in [0.717, 1.165) is 0 Å². The Balaban J connectivity index is 3.26. The molecule has 5 heteroatoms. The van der Waals surface area contributed by atoms with Crippen LogP contribution in [-0.2, 0) is 0 Å². The molecule has 0 aliphatic heterocycles. The van der Waals surface area contributed by atoms with Crippen molar-refractivity contribution in [1.29, 1.82) is 0 Å². The van der Waals surface area contributed by atoms with Gasteiger partial charge in [-0.05, 0) is 18.2 Å². The minimum atomic E-state index is -0.126. The van der Waals surface area contributed by atoms with Crippen LogP contribution >= 0.6 is 56.8 Å². The van der Waals surface area contributed by atoms with Gasteiger partial charge in [0, 0.05) is 61.3 Å². The molecule has 0 atom stereocenters. The number of hydrogen-bond donors (Lipinski definition) is 0. The molecule has 0 fully saturated rings. The van der Waals surface area contributed by atoms with Crippen LogP contribution in [0.3, 0.4) is 0 Å². The number of halogens is 3. The molecule has 0 saturated heterocycles. The van der Waals surface area contributed by atoms with Gasteiger partial charge in [0.1, 0.15) is 0 Å². The fraction of sp³-hybridized carbons (Fsp3) is 0. The summed E-state index contributed by atoms with van der Waals surface area (Å²) in [4.78, 5) is 22.0. The van der Waals surface area contributed by atoms with Crippen molar-refractivity contribution in [3.8, 4) is 0 Å². The normalized spacial score (nSPS) is 9.77. The van der Waals surface area contributed by atoms with Gasteiger partial charge in [-0.1, -0.05) is 11.6 Å². The summed E-state index contributed by atoms with van der Waals surface area (Å²) in [5.41, 5.74) is 0.904. The second-order valence-corrected chi connectivity index (χ2v) is 4.67. The van der Waals surface area contributed by atoms with Gasteiger partial charge in [-0.3, -0.25) is 9.59 Å². The Kier molecular flexibility index (Phi) is 4.11. The van der Waals surface area contributed by atoms with Gasteiger partial charge >= 0.3 is 0 Å². The molecule has 0 spiro atoms. The van der Waals surface area contributed by atoms with Crippen LogP contribution in [0.25, 0.3) is 0 Å². The summed E-state index contributed by atoms with van der Waals surface area (Å²) in [6, 6.07) is 4.62. The fourth-order valence-electron chi connectivity index (χ4n) is 0.817. The lowest BCUT2D eigenvalue weighted by atomic mass is 10.1. The molecule has 68 valence electrons. The predicted molar refractivity (Wildman–Crippen MR) is 68.2 cm³/mol. The SMILES string of the molecule is O=C(I)c1cc(Cl)cc(C(=O)I)c1. The molecule has 0 bridgehead atoms. The van der Waals surface area contributed by atoms with E-state index in [1.807, 2.05) is 0 Å². The maximum atomic E-state index is 11.0. The van der Waals surface area contributed by atoms with Gasteiger partial charge in [-0.25, -0.2) is 0 Å². The number of hydrogen-bond acceptors (Lipinski definition) is 2. The van der Waals surface area contributed by atoms with E-state index in [1.165, 1.54) is 6.07 Å². The summed E-state index contributed by atoms with van der Waals surface area (Å²) in [5.74, 6) is 0. The van der Waals surface area contributed by atoms with Gasteiger partial charge in [-0.15, -0.1) is 0 Å². The molecule has 13 heavy (non-hydrogen) atoms. The van der Waals surface area contributed by atoms with Gasteiger partial charge in [0.2, 0.25) is 7.58 Å². The highest BCUT2D eigenvalue weighted by Crippen LogP contribution is 2.19. The fourth-order valence-corrected chi connectivity index (χ4v) is 1.67. The van der Waals surface area contributed by atoms with Crippen molar-refractivity contribution in [2.45, 2.75) is 0 Å². The van der Waals surface area contributed by atoms with E-state index in [9.17, 15) is 9.59 Å². The second-order valence-electron chi connectivity index (χ2n) is 2.28. The molecule has 0 saturated carbocycles. The molecule has 0 aromatic heterocycles. The minimum absolute atomic E-state index is 0.126. The molecule has 0 aliphatic carbocycles. The predicted octanol–water partition coefficient (Wildman–Crippen LogP) is 3.49.